The minimum atomic E-state index is -0.968. The number of fused-ring (bicyclic) bond motifs is 1. The van der Waals surface area contributed by atoms with E-state index in [1.54, 1.807) is 18.2 Å². The van der Waals surface area contributed by atoms with Crippen LogP contribution < -0.4 is 16.0 Å². The SMILES string of the molecule is O=C1CCC(N2C(=O)c3cccc(CNCC4COCC5(CCNCC5)O4)c3C2=O)C(=O)N1. The minimum absolute atomic E-state index is 0.0917. The van der Waals surface area contributed by atoms with Gasteiger partial charge in [-0.3, -0.25) is 29.4 Å². The second-order valence-electron chi connectivity index (χ2n) is 9.11. The zero-order valence-corrected chi connectivity index (χ0v) is 18.4. The largest absolute Gasteiger partial charge is 0.376 e. The number of carbonyl (C=O) groups excluding carboxylic acids is 4. The normalized spacial score (nSPS) is 27.1. The molecule has 0 aromatic heterocycles. The molecule has 3 fully saturated rings. The van der Waals surface area contributed by atoms with Crippen molar-refractivity contribution in [1.29, 1.82) is 0 Å². The van der Waals surface area contributed by atoms with Gasteiger partial charge in [0.05, 0.1) is 36.0 Å². The third-order valence-electron chi connectivity index (χ3n) is 6.84. The smallest absolute Gasteiger partial charge is 0.262 e. The molecule has 4 heterocycles. The maximum atomic E-state index is 13.2. The minimum Gasteiger partial charge on any atom is -0.376 e. The molecule has 4 aliphatic rings. The van der Waals surface area contributed by atoms with E-state index in [2.05, 4.69) is 16.0 Å². The van der Waals surface area contributed by atoms with Crippen LogP contribution in [0.4, 0.5) is 0 Å². The highest BCUT2D eigenvalue weighted by Gasteiger charge is 2.45. The molecule has 176 valence electrons. The van der Waals surface area contributed by atoms with Gasteiger partial charge >= 0.3 is 0 Å². The summed E-state index contributed by atoms with van der Waals surface area (Å²) in [6, 6.07) is 4.17. The predicted octanol–water partition coefficient (Wildman–Crippen LogP) is -0.285. The van der Waals surface area contributed by atoms with Crippen LogP contribution in [0.3, 0.4) is 0 Å². The summed E-state index contributed by atoms with van der Waals surface area (Å²) in [5.41, 5.74) is 1.06. The van der Waals surface area contributed by atoms with Gasteiger partial charge in [0.15, 0.2) is 0 Å². The van der Waals surface area contributed by atoms with Crippen molar-refractivity contribution in [2.45, 2.75) is 50.0 Å². The maximum Gasteiger partial charge on any atom is 0.262 e. The number of imide groups is 2. The molecular formula is C23H28N4O6. The van der Waals surface area contributed by atoms with Crippen molar-refractivity contribution < 1.29 is 28.7 Å². The van der Waals surface area contributed by atoms with E-state index in [1.807, 2.05) is 0 Å². The van der Waals surface area contributed by atoms with Gasteiger partial charge in [0.25, 0.3) is 11.8 Å². The number of hydrogen-bond donors (Lipinski definition) is 3. The van der Waals surface area contributed by atoms with Crippen molar-refractivity contribution in [1.82, 2.24) is 20.9 Å². The topological polar surface area (TPSA) is 126 Å². The fourth-order valence-corrected chi connectivity index (χ4v) is 5.14. The molecule has 10 heteroatoms. The average molecular weight is 456 g/mol. The molecule has 0 saturated carbocycles. The summed E-state index contributed by atoms with van der Waals surface area (Å²) in [5.74, 6) is -1.99. The number of nitrogens with zero attached hydrogens (tertiary/aromatic N) is 1. The zero-order chi connectivity index (χ0) is 23.0. The predicted molar refractivity (Wildman–Crippen MR) is 115 cm³/mol. The Morgan fingerprint density at radius 1 is 1.12 bits per heavy atom. The van der Waals surface area contributed by atoms with Crippen molar-refractivity contribution in [2.24, 2.45) is 0 Å². The number of rotatable bonds is 5. The number of piperidine rings is 2. The Kier molecular flexibility index (Phi) is 6.00. The van der Waals surface area contributed by atoms with Gasteiger partial charge < -0.3 is 20.1 Å². The standard InChI is InChI=1S/C23H28N4O6/c28-18-5-4-17(20(29)26-18)27-21(30)16-3-1-2-14(19(16)22(27)31)10-25-11-15-12-32-13-23(33-15)6-8-24-9-7-23/h1-3,15,17,24-25H,4-13H2,(H,26,28,29). The molecule has 2 unspecified atom stereocenters. The first kappa shape index (κ1) is 22.1. The molecule has 33 heavy (non-hydrogen) atoms. The molecule has 10 nitrogen and oxygen atoms in total. The fraction of sp³-hybridized carbons (Fsp3) is 0.565. The molecule has 5 rings (SSSR count). The summed E-state index contributed by atoms with van der Waals surface area (Å²) >= 11 is 0. The Bertz CT molecular complexity index is 984. The molecule has 1 aromatic rings. The van der Waals surface area contributed by atoms with Crippen LogP contribution in [0, 0.1) is 0 Å². The molecule has 4 amide bonds. The molecule has 3 saturated heterocycles. The van der Waals surface area contributed by atoms with Crippen LogP contribution in [0.5, 0.6) is 0 Å². The molecule has 0 bridgehead atoms. The highest BCUT2D eigenvalue weighted by molar-refractivity contribution is 6.24. The van der Waals surface area contributed by atoms with E-state index < -0.39 is 29.7 Å². The first-order chi connectivity index (χ1) is 16.0. The molecular weight excluding hydrogens is 428 g/mol. The van der Waals surface area contributed by atoms with E-state index in [1.165, 1.54) is 0 Å². The maximum absolute atomic E-state index is 13.2. The highest BCUT2D eigenvalue weighted by atomic mass is 16.6. The highest BCUT2D eigenvalue weighted by Crippen LogP contribution is 2.31. The summed E-state index contributed by atoms with van der Waals surface area (Å²) in [7, 11) is 0. The molecule has 1 spiro atoms. The van der Waals surface area contributed by atoms with Crippen LogP contribution in [0.25, 0.3) is 0 Å². The van der Waals surface area contributed by atoms with Gasteiger partial charge in [0, 0.05) is 19.5 Å². The first-order valence-corrected chi connectivity index (χ1v) is 11.5. The lowest BCUT2D eigenvalue weighted by Crippen LogP contribution is -2.55. The Hall–Kier alpha value is -2.66. The van der Waals surface area contributed by atoms with Gasteiger partial charge in [-0.25, -0.2) is 0 Å². The Morgan fingerprint density at radius 2 is 1.94 bits per heavy atom. The van der Waals surface area contributed by atoms with Gasteiger partial charge in [0.2, 0.25) is 11.8 Å². The molecule has 4 aliphatic heterocycles. The lowest BCUT2D eigenvalue weighted by atomic mass is 9.92. The summed E-state index contributed by atoms with van der Waals surface area (Å²) in [5, 5.41) is 8.90. The van der Waals surface area contributed by atoms with Crippen molar-refractivity contribution >= 4 is 23.6 Å². The number of benzene rings is 1. The third kappa shape index (κ3) is 4.19. The van der Waals surface area contributed by atoms with E-state index in [0.717, 1.165) is 30.8 Å². The van der Waals surface area contributed by atoms with Gasteiger partial charge in [-0.2, -0.15) is 0 Å². The molecule has 0 radical (unpaired) electrons. The van der Waals surface area contributed by atoms with Crippen LogP contribution >= 0.6 is 0 Å². The first-order valence-electron chi connectivity index (χ1n) is 11.5. The van der Waals surface area contributed by atoms with E-state index in [4.69, 9.17) is 9.47 Å². The van der Waals surface area contributed by atoms with Gasteiger partial charge in [-0.05, 0) is 44.0 Å². The Balaban J connectivity index is 1.25. The van der Waals surface area contributed by atoms with Gasteiger partial charge in [-0.15, -0.1) is 0 Å². The molecule has 0 aliphatic carbocycles. The summed E-state index contributed by atoms with van der Waals surface area (Å²) in [4.78, 5) is 50.9. The van der Waals surface area contributed by atoms with Crippen LogP contribution in [-0.4, -0.2) is 79.1 Å². The van der Waals surface area contributed by atoms with Crippen molar-refractivity contribution in [2.75, 3.05) is 32.8 Å². The zero-order valence-electron chi connectivity index (χ0n) is 18.4. The van der Waals surface area contributed by atoms with Crippen molar-refractivity contribution in [3.05, 3.63) is 34.9 Å². The van der Waals surface area contributed by atoms with Crippen LogP contribution in [0.1, 0.15) is 52.0 Å². The van der Waals surface area contributed by atoms with Crippen molar-refractivity contribution in [3.8, 4) is 0 Å². The lowest BCUT2D eigenvalue weighted by molar-refractivity contribution is -0.206. The monoisotopic (exact) mass is 456 g/mol. The number of ether oxygens (including phenoxy) is 2. The fourth-order valence-electron chi connectivity index (χ4n) is 5.14. The second kappa shape index (κ2) is 8.94. The number of nitrogens with one attached hydrogen (secondary N) is 3. The molecule has 3 N–H and O–H groups in total. The van der Waals surface area contributed by atoms with Crippen LogP contribution in [0.2, 0.25) is 0 Å². The Morgan fingerprint density at radius 3 is 2.73 bits per heavy atom. The number of hydrogen-bond acceptors (Lipinski definition) is 8. The van der Waals surface area contributed by atoms with E-state index in [9.17, 15) is 19.2 Å². The van der Waals surface area contributed by atoms with E-state index >= 15 is 0 Å². The van der Waals surface area contributed by atoms with Crippen LogP contribution in [0.15, 0.2) is 18.2 Å². The summed E-state index contributed by atoms with van der Waals surface area (Å²) < 4.78 is 12.2. The quantitative estimate of drug-likeness (QED) is 0.517. The average Bonchev–Trinajstić information content (AvgIpc) is 3.05. The number of amides is 4. The Labute approximate surface area is 191 Å². The number of carbonyl (C=O) groups is 4. The second-order valence-corrected chi connectivity index (χ2v) is 9.11. The summed E-state index contributed by atoms with van der Waals surface area (Å²) in [6.07, 6.45) is 1.98. The van der Waals surface area contributed by atoms with Crippen LogP contribution in [-0.2, 0) is 25.6 Å². The van der Waals surface area contributed by atoms with E-state index in [-0.39, 0.29) is 30.1 Å². The summed E-state index contributed by atoms with van der Waals surface area (Å²) in [6.45, 7) is 3.89. The van der Waals surface area contributed by atoms with Crippen molar-refractivity contribution in [3.63, 3.8) is 0 Å². The lowest BCUT2D eigenvalue weighted by Gasteiger charge is -2.43. The molecule has 1 aromatic carbocycles. The van der Waals surface area contributed by atoms with Gasteiger partial charge in [-0.1, -0.05) is 12.1 Å². The third-order valence-corrected chi connectivity index (χ3v) is 6.84. The molecule has 2 atom stereocenters. The van der Waals surface area contributed by atoms with Gasteiger partial charge in [0.1, 0.15) is 6.04 Å². The van der Waals surface area contributed by atoms with E-state index in [0.29, 0.717) is 37.4 Å².